The van der Waals surface area contributed by atoms with Crippen LogP contribution in [-0.4, -0.2) is 26.0 Å². The second-order valence-corrected chi connectivity index (χ2v) is 10.3. The molecule has 0 atom stereocenters. The number of methoxy groups -OCH3 is 1. The van der Waals surface area contributed by atoms with E-state index in [0.717, 1.165) is 6.07 Å². The summed E-state index contributed by atoms with van der Waals surface area (Å²) >= 11 is 12.3. The van der Waals surface area contributed by atoms with Crippen LogP contribution in [0.4, 0.5) is 17.1 Å². The molecule has 0 unspecified atom stereocenters. The smallest absolute Gasteiger partial charge is 0.870 e. The fourth-order valence-electron chi connectivity index (χ4n) is 3.83. The summed E-state index contributed by atoms with van der Waals surface area (Å²) in [5, 5.41) is 25.5. The Morgan fingerprint density at radius 1 is 1.08 bits per heavy atom. The fraction of sp³-hybridized carbons (Fsp3) is 0.115. The average Bonchev–Trinajstić information content (AvgIpc) is 2.87. The van der Waals surface area contributed by atoms with Gasteiger partial charge in [0.15, 0.2) is 0 Å². The minimum absolute atomic E-state index is 0. The number of ether oxygens (including phenoxy) is 1. The largest absolute Gasteiger partial charge is 1.00 e. The number of fused-ring (bicyclic) bond motifs is 1. The summed E-state index contributed by atoms with van der Waals surface area (Å²) in [6, 6.07) is 15.3. The van der Waals surface area contributed by atoms with E-state index >= 15 is 0 Å². The van der Waals surface area contributed by atoms with Crippen LogP contribution in [0, 0.1) is 0 Å². The molecule has 0 spiro atoms. The number of rotatable bonds is 7. The number of hydrogen-bond donors (Lipinski definition) is 2. The minimum atomic E-state index is -4.56. The number of nitrogens with one attached hydrogen (secondary N) is 1. The predicted molar refractivity (Wildman–Crippen MR) is 144 cm³/mol. The molecule has 1 amide bonds. The van der Waals surface area contributed by atoms with E-state index in [1.54, 1.807) is 43.3 Å². The van der Waals surface area contributed by atoms with Crippen LogP contribution in [0.1, 0.15) is 22.8 Å². The zero-order valence-electron chi connectivity index (χ0n) is 21.0. The maximum atomic E-state index is 13.4. The maximum absolute atomic E-state index is 13.4. The summed E-state index contributed by atoms with van der Waals surface area (Å²) in [6.45, 7) is 1.70. The quantitative estimate of drug-likeness (QED) is 0.189. The molecule has 0 fully saturated rings. The first-order valence-corrected chi connectivity index (χ1v) is 13.3. The Bertz CT molecular complexity index is 1710. The van der Waals surface area contributed by atoms with Crippen molar-refractivity contribution in [1.29, 1.82) is 0 Å². The molecule has 0 heterocycles. The zero-order valence-corrected chi connectivity index (χ0v) is 25.4. The van der Waals surface area contributed by atoms with Gasteiger partial charge in [0, 0.05) is 16.0 Å². The molecular weight excluding hydrogens is 576 g/mol. The minimum Gasteiger partial charge on any atom is -0.870 e. The molecule has 0 saturated heterocycles. The van der Waals surface area contributed by atoms with E-state index in [0.29, 0.717) is 27.1 Å². The number of carbonyl (C=O) groups excluding carboxylic acids is 1. The molecule has 4 rings (SSSR count). The van der Waals surface area contributed by atoms with E-state index in [2.05, 4.69) is 15.5 Å². The molecule has 196 valence electrons. The van der Waals surface area contributed by atoms with Gasteiger partial charge in [0.25, 0.3) is 16.0 Å². The van der Waals surface area contributed by atoms with E-state index in [-0.39, 0.29) is 68.5 Å². The van der Waals surface area contributed by atoms with Crippen LogP contribution in [0.25, 0.3) is 10.8 Å². The Hall–Kier alpha value is -2.70. The van der Waals surface area contributed by atoms with Crippen molar-refractivity contribution in [1.82, 2.24) is 0 Å². The number of azo groups is 1. The van der Waals surface area contributed by atoms with Crippen molar-refractivity contribution in [3.05, 3.63) is 81.8 Å². The number of amides is 1. The zero-order chi connectivity index (χ0) is 27.6. The van der Waals surface area contributed by atoms with E-state index < -0.39 is 21.8 Å². The number of carbonyl (C=O) groups is 1. The van der Waals surface area contributed by atoms with Crippen molar-refractivity contribution < 1.29 is 57.2 Å². The topological polar surface area (TPSA) is 140 Å². The molecule has 4 aromatic rings. The predicted octanol–water partition coefficient (Wildman–Crippen LogP) is 3.71. The second kappa shape index (κ2) is 12.6. The van der Waals surface area contributed by atoms with Gasteiger partial charge < -0.3 is 15.2 Å². The van der Waals surface area contributed by atoms with Crippen LogP contribution in [0.5, 0.6) is 11.5 Å². The van der Waals surface area contributed by atoms with E-state index in [1.807, 2.05) is 0 Å². The second-order valence-electron chi connectivity index (χ2n) is 8.06. The van der Waals surface area contributed by atoms with Crippen LogP contribution in [0.3, 0.4) is 0 Å². The van der Waals surface area contributed by atoms with Gasteiger partial charge in [-0.25, -0.2) is 0 Å². The first-order chi connectivity index (χ1) is 18.0. The van der Waals surface area contributed by atoms with Crippen LogP contribution >= 0.6 is 23.2 Å². The summed E-state index contributed by atoms with van der Waals surface area (Å²) < 4.78 is 38.5. The molecule has 13 heteroatoms. The van der Waals surface area contributed by atoms with Crippen LogP contribution in [-0.2, 0) is 16.5 Å². The van der Waals surface area contributed by atoms with Gasteiger partial charge in [-0.05, 0) is 53.8 Å². The first-order valence-electron chi connectivity index (χ1n) is 11.1. The van der Waals surface area contributed by atoms with Crippen molar-refractivity contribution in [3.8, 4) is 11.5 Å². The number of nitrogens with zero attached hydrogens (tertiary/aromatic N) is 2. The summed E-state index contributed by atoms with van der Waals surface area (Å²) in [7, 11) is -3.13. The number of benzene rings is 4. The SMILES string of the molecule is CCc1cc(Cl)c(N=Nc2c([O-])c(C(=O)Nc3cc(Cl)ccc3OC)cc3ccccc23)cc1S(=O)(=O)O.[Na+]. The molecule has 0 radical (unpaired) electrons. The monoisotopic (exact) mass is 595 g/mol. The van der Waals surface area contributed by atoms with Crippen LogP contribution < -0.4 is 44.7 Å². The average molecular weight is 596 g/mol. The Morgan fingerprint density at radius 3 is 2.46 bits per heavy atom. The molecule has 0 bridgehead atoms. The third-order valence-electron chi connectivity index (χ3n) is 5.68. The Kier molecular flexibility index (Phi) is 10.0. The summed E-state index contributed by atoms with van der Waals surface area (Å²) in [5.41, 5.74) is 0.0994. The number of halogens is 2. The maximum Gasteiger partial charge on any atom is 1.00 e. The Balaban J connectivity index is 0.00000420. The van der Waals surface area contributed by atoms with Gasteiger partial charge in [0.05, 0.1) is 28.4 Å². The molecule has 9 nitrogen and oxygen atoms in total. The van der Waals surface area contributed by atoms with Gasteiger partial charge in [0.1, 0.15) is 11.4 Å². The Labute approximate surface area is 256 Å². The van der Waals surface area contributed by atoms with Crippen molar-refractivity contribution in [2.45, 2.75) is 18.2 Å². The molecule has 0 aliphatic rings. The number of aryl methyl sites for hydroxylation is 1. The number of hydrogen-bond acceptors (Lipinski definition) is 7. The van der Waals surface area contributed by atoms with E-state index in [1.165, 1.54) is 25.3 Å². The molecule has 0 saturated carbocycles. The third kappa shape index (κ3) is 6.72. The molecule has 0 aromatic heterocycles. The summed E-state index contributed by atoms with van der Waals surface area (Å²) in [6.07, 6.45) is 0.288. The molecular formula is C26H20Cl2N3NaO6S. The van der Waals surface area contributed by atoms with Gasteiger partial charge in [-0.1, -0.05) is 60.1 Å². The van der Waals surface area contributed by atoms with Gasteiger partial charge in [-0.15, -0.1) is 5.11 Å². The van der Waals surface area contributed by atoms with Crippen LogP contribution in [0.15, 0.2) is 75.8 Å². The standard InChI is InChI=1S/C26H21Cl2N3O6S.Na/c1-3-14-11-19(28)20(13-23(14)38(34,35)36)30-31-24-17-7-5-4-6-15(17)10-18(25(24)32)26(33)29-21-12-16(27)8-9-22(21)37-2;/h4-13,32H,3H2,1-2H3,(H,29,33)(H,34,35,36);/q;+1/p-1. The first kappa shape index (κ1) is 30.8. The fourth-order valence-corrected chi connectivity index (χ4v) is 5.02. The van der Waals surface area contributed by atoms with Crippen LogP contribution in [0.2, 0.25) is 10.0 Å². The van der Waals surface area contributed by atoms with Crippen molar-refractivity contribution >= 4 is 67.1 Å². The van der Waals surface area contributed by atoms with Gasteiger partial charge in [-0.3, -0.25) is 9.35 Å². The van der Waals surface area contributed by atoms with Gasteiger partial charge in [0.2, 0.25) is 0 Å². The van der Waals surface area contributed by atoms with Crippen molar-refractivity contribution in [3.63, 3.8) is 0 Å². The molecule has 2 N–H and O–H groups in total. The molecule has 0 aliphatic heterocycles. The van der Waals surface area contributed by atoms with Gasteiger partial charge >= 0.3 is 29.6 Å². The van der Waals surface area contributed by atoms with Crippen molar-refractivity contribution in [2.24, 2.45) is 10.2 Å². The normalized spacial score (nSPS) is 11.4. The third-order valence-corrected chi connectivity index (χ3v) is 7.15. The van der Waals surface area contributed by atoms with Gasteiger partial charge in [-0.2, -0.15) is 13.5 Å². The summed E-state index contributed by atoms with van der Waals surface area (Å²) in [5.74, 6) is -1.10. The Morgan fingerprint density at radius 2 is 1.79 bits per heavy atom. The molecule has 4 aromatic carbocycles. The van der Waals surface area contributed by atoms with E-state index in [4.69, 9.17) is 27.9 Å². The molecule has 0 aliphatic carbocycles. The summed E-state index contributed by atoms with van der Waals surface area (Å²) in [4.78, 5) is 12.8. The van der Waals surface area contributed by atoms with E-state index in [9.17, 15) is 22.9 Å². The molecule has 39 heavy (non-hydrogen) atoms. The number of anilines is 1. The van der Waals surface area contributed by atoms with Crippen molar-refractivity contribution in [2.75, 3.05) is 12.4 Å².